The molecule has 0 aliphatic carbocycles. The zero-order valence-corrected chi connectivity index (χ0v) is 17.8. The molecule has 154 valence electrons. The first-order chi connectivity index (χ1) is 13.9. The lowest BCUT2D eigenvalue weighted by Crippen LogP contribution is -2.33. The monoisotopic (exact) mass is 454 g/mol. The second kappa shape index (κ2) is 8.43. The number of hydrogen-bond donors (Lipinski definition) is 3. The highest BCUT2D eigenvalue weighted by Crippen LogP contribution is 2.39. The number of imidazole rings is 1. The number of benzene rings is 2. The Balaban J connectivity index is 1.74. The van der Waals surface area contributed by atoms with Crippen molar-refractivity contribution in [2.45, 2.75) is 42.4 Å². The van der Waals surface area contributed by atoms with Gasteiger partial charge < -0.3 is 20.1 Å². The van der Waals surface area contributed by atoms with Crippen molar-refractivity contribution in [2.24, 2.45) is 0 Å². The van der Waals surface area contributed by atoms with E-state index in [2.05, 4.69) is 17.1 Å². The molecule has 1 unspecified atom stereocenters. The lowest BCUT2D eigenvalue weighted by Gasteiger charge is -2.20. The molecule has 1 fully saturated rings. The van der Waals surface area contributed by atoms with E-state index in [0.717, 1.165) is 5.56 Å². The van der Waals surface area contributed by atoms with E-state index in [0.29, 0.717) is 32.0 Å². The van der Waals surface area contributed by atoms with Crippen LogP contribution in [0.4, 0.5) is 0 Å². The van der Waals surface area contributed by atoms with E-state index in [1.807, 2.05) is 19.1 Å². The average Bonchev–Trinajstić information content (AvgIpc) is 3.18. The summed E-state index contributed by atoms with van der Waals surface area (Å²) >= 11 is 13.8. The highest BCUT2D eigenvalue weighted by atomic mass is 35.5. The van der Waals surface area contributed by atoms with E-state index in [4.69, 9.17) is 27.9 Å². The zero-order chi connectivity index (χ0) is 20.7. The zero-order valence-electron chi connectivity index (χ0n) is 15.5. The van der Waals surface area contributed by atoms with Gasteiger partial charge in [0.1, 0.15) is 18.3 Å². The molecule has 3 aromatic rings. The van der Waals surface area contributed by atoms with Crippen LogP contribution in [-0.2, 0) is 10.5 Å². The van der Waals surface area contributed by atoms with E-state index in [1.165, 1.54) is 17.3 Å². The van der Waals surface area contributed by atoms with Crippen LogP contribution in [0.5, 0.6) is 0 Å². The van der Waals surface area contributed by atoms with Crippen molar-refractivity contribution in [3.8, 4) is 0 Å². The van der Waals surface area contributed by atoms with Gasteiger partial charge in [-0.25, -0.2) is 4.98 Å². The number of nitrogens with zero attached hydrogens (tertiary/aromatic N) is 2. The van der Waals surface area contributed by atoms with E-state index in [9.17, 15) is 15.3 Å². The molecule has 4 atom stereocenters. The lowest BCUT2D eigenvalue weighted by molar-refractivity contribution is -0.0546. The van der Waals surface area contributed by atoms with Gasteiger partial charge in [0.05, 0.1) is 27.7 Å². The maximum Gasteiger partial charge on any atom is 0.171 e. The molecule has 4 rings (SSSR count). The molecule has 0 bridgehead atoms. The van der Waals surface area contributed by atoms with Crippen LogP contribution < -0.4 is 0 Å². The third-order valence-electron chi connectivity index (χ3n) is 4.96. The smallest absolute Gasteiger partial charge is 0.171 e. The Labute approximate surface area is 182 Å². The van der Waals surface area contributed by atoms with Gasteiger partial charge in [-0.1, -0.05) is 64.8 Å². The first-order valence-corrected chi connectivity index (χ1v) is 10.8. The molecule has 2 heterocycles. The number of aryl methyl sites for hydroxylation is 1. The van der Waals surface area contributed by atoms with Gasteiger partial charge in [-0.3, -0.25) is 4.57 Å². The lowest BCUT2D eigenvalue weighted by atomic mass is 10.1. The van der Waals surface area contributed by atoms with Crippen molar-refractivity contribution in [1.82, 2.24) is 9.55 Å². The molecule has 29 heavy (non-hydrogen) atoms. The van der Waals surface area contributed by atoms with Crippen LogP contribution in [0.25, 0.3) is 11.0 Å². The van der Waals surface area contributed by atoms with Crippen LogP contribution in [-0.4, -0.2) is 49.8 Å². The number of halogens is 2. The van der Waals surface area contributed by atoms with Gasteiger partial charge in [-0.05, 0) is 24.6 Å². The van der Waals surface area contributed by atoms with Crippen molar-refractivity contribution >= 4 is 46.0 Å². The van der Waals surface area contributed by atoms with Crippen LogP contribution in [0.1, 0.15) is 17.4 Å². The minimum atomic E-state index is -1.22. The maximum atomic E-state index is 10.6. The van der Waals surface area contributed by atoms with Gasteiger partial charge in [0.25, 0.3) is 0 Å². The van der Waals surface area contributed by atoms with E-state index in [-0.39, 0.29) is 0 Å². The molecule has 1 saturated heterocycles. The predicted octanol–water partition coefficient (Wildman–Crippen LogP) is 3.56. The molecule has 6 nitrogen and oxygen atoms in total. The molecule has 1 aliphatic heterocycles. The largest absolute Gasteiger partial charge is 0.394 e. The Morgan fingerprint density at radius 1 is 1.10 bits per heavy atom. The summed E-state index contributed by atoms with van der Waals surface area (Å²) in [6, 6.07) is 11.5. The summed E-state index contributed by atoms with van der Waals surface area (Å²) < 4.78 is 7.46. The molecule has 0 saturated carbocycles. The van der Waals surface area contributed by atoms with Crippen LogP contribution in [0.15, 0.2) is 41.6 Å². The average molecular weight is 455 g/mol. The molecule has 1 aromatic heterocycles. The molecule has 2 aromatic carbocycles. The predicted molar refractivity (Wildman–Crippen MR) is 114 cm³/mol. The second-order valence-corrected chi connectivity index (χ2v) is 8.78. The molecular formula is C20H20Cl2N2O4S. The van der Waals surface area contributed by atoms with Crippen LogP contribution in [0.2, 0.25) is 10.0 Å². The summed E-state index contributed by atoms with van der Waals surface area (Å²) in [6.45, 7) is 1.63. The fourth-order valence-electron chi connectivity index (χ4n) is 3.34. The van der Waals surface area contributed by atoms with E-state index < -0.39 is 31.1 Å². The number of aliphatic hydroxyl groups is 3. The quantitative estimate of drug-likeness (QED) is 0.510. The summed E-state index contributed by atoms with van der Waals surface area (Å²) in [5, 5.41) is 31.5. The highest BCUT2D eigenvalue weighted by Gasteiger charge is 2.44. The first kappa shape index (κ1) is 20.9. The van der Waals surface area contributed by atoms with Gasteiger partial charge in [-0.15, -0.1) is 0 Å². The van der Waals surface area contributed by atoms with Gasteiger partial charge in [0.2, 0.25) is 0 Å². The number of rotatable bonds is 5. The SMILES string of the molecule is Cc1ccc(CSc2nc3cc(Cl)c(Cl)cc3n2C2O[C@H](CO)[C@@H](O)[C@H]2O)cc1. The van der Waals surface area contributed by atoms with Crippen molar-refractivity contribution in [2.75, 3.05) is 6.61 Å². The summed E-state index contributed by atoms with van der Waals surface area (Å²) in [5.74, 6) is 0.653. The van der Waals surface area contributed by atoms with E-state index in [1.54, 1.807) is 16.7 Å². The normalized spacial score (nSPS) is 24.5. The Morgan fingerprint density at radius 3 is 2.45 bits per heavy atom. The van der Waals surface area contributed by atoms with Gasteiger partial charge in [-0.2, -0.15) is 0 Å². The molecule has 0 spiro atoms. The van der Waals surface area contributed by atoms with Crippen LogP contribution in [0.3, 0.4) is 0 Å². The highest BCUT2D eigenvalue weighted by molar-refractivity contribution is 7.98. The fraction of sp³-hybridized carbons (Fsp3) is 0.350. The van der Waals surface area contributed by atoms with Gasteiger partial charge >= 0.3 is 0 Å². The van der Waals surface area contributed by atoms with Crippen LogP contribution in [0, 0.1) is 6.92 Å². The first-order valence-electron chi connectivity index (χ1n) is 9.07. The molecule has 0 amide bonds. The summed E-state index contributed by atoms with van der Waals surface area (Å²) in [4.78, 5) is 4.65. The summed E-state index contributed by atoms with van der Waals surface area (Å²) in [7, 11) is 0. The number of aliphatic hydroxyl groups excluding tert-OH is 3. The van der Waals surface area contributed by atoms with Crippen molar-refractivity contribution in [1.29, 1.82) is 0 Å². The third-order valence-corrected chi connectivity index (χ3v) is 6.71. The Bertz CT molecular complexity index is 1030. The van der Waals surface area contributed by atoms with Crippen molar-refractivity contribution in [3.63, 3.8) is 0 Å². The number of thioether (sulfide) groups is 1. The van der Waals surface area contributed by atoms with Crippen molar-refractivity contribution < 1.29 is 20.1 Å². The third kappa shape index (κ3) is 4.01. The number of ether oxygens (including phenoxy) is 1. The molecule has 0 radical (unpaired) electrons. The maximum absolute atomic E-state index is 10.6. The minimum Gasteiger partial charge on any atom is -0.394 e. The van der Waals surface area contributed by atoms with Gasteiger partial charge in [0, 0.05) is 5.75 Å². The fourth-order valence-corrected chi connectivity index (χ4v) is 4.65. The molecular weight excluding hydrogens is 435 g/mol. The Kier molecular flexibility index (Phi) is 6.09. The minimum absolute atomic E-state index is 0.349. The van der Waals surface area contributed by atoms with Crippen molar-refractivity contribution in [3.05, 3.63) is 57.6 Å². The molecule has 3 N–H and O–H groups in total. The van der Waals surface area contributed by atoms with E-state index >= 15 is 0 Å². The molecule has 1 aliphatic rings. The Morgan fingerprint density at radius 2 is 1.79 bits per heavy atom. The summed E-state index contributed by atoms with van der Waals surface area (Å²) in [6.07, 6.45) is -4.23. The molecule has 9 heteroatoms. The number of aromatic nitrogens is 2. The summed E-state index contributed by atoms with van der Waals surface area (Å²) in [5.41, 5.74) is 3.53. The number of hydrogen-bond acceptors (Lipinski definition) is 6. The Hall–Kier alpha value is -1.32. The second-order valence-electron chi connectivity index (χ2n) is 7.02. The number of fused-ring (bicyclic) bond motifs is 1. The topological polar surface area (TPSA) is 87.7 Å². The standard InChI is InChI=1S/C20H20Cl2N2O4S/c1-10-2-4-11(5-3-10)9-29-20-23-14-6-12(21)13(22)7-15(14)24(20)19-18(27)17(26)16(8-25)28-19/h2-7,16-19,25-27H,8-9H2,1H3/t16-,17-,18-,19?/m1/s1. The van der Waals surface area contributed by atoms with Crippen LogP contribution >= 0.6 is 35.0 Å². The van der Waals surface area contributed by atoms with Gasteiger partial charge in [0.15, 0.2) is 11.4 Å².